The second-order valence-corrected chi connectivity index (χ2v) is 3.71. The summed E-state index contributed by atoms with van der Waals surface area (Å²) in [6.45, 7) is 1.01. The van der Waals surface area contributed by atoms with Crippen LogP contribution in [0.3, 0.4) is 0 Å². The Hall–Kier alpha value is -1.67. The lowest BCUT2D eigenvalue weighted by atomic mass is 10.1. The molecule has 0 bridgehead atoms. The number of hydrogen-bond acceptors (Lipinski definition) is 2. The molecule has 0 atom stereocenters. The van der Waals surface area contributed by atoms with Gasteiger partial charge in [0.1, 0.15) is 0 Å². The first-order valence-corrected chi connectivity index (χ1v) is 5.56. The molecule has 0 fully saturated rings. The summed E-state index contributed by atoms with van der Waals surface area (Å²) >= 11 is 0. The van der Waals surface area contributed by atoms with E-state index in [0.717, 1.165) is 18.5 Å². The van der Waals surface area contributed by atoms with Crippen molar-refractivity contribution < 1.29 is 0 Å². The number of pyridine rings is 1. The number of para-hydroxylation sites is 1. The molecule has 1 aromatic carbocycles. The SMILES string of the molecule is CNCCC=Cc1ccnc2ccccc12. The number of nitrogens with one attached hydrogen (secondary N) is 1. The van der Waals surface area contributed by atoms with Crippen LogP contribution in [0.15, 0.2) is 42.6 Å². The molecule has 0 aliphatic heterocycles. The average Bonchev–Trinajstić information content (AvgIpc) is 2.35. The van der Waals surface area contributed by atoms with Gasteiger partial charge in [-0.2, -0.15) is 0 Å². The minimum absolute atomic E-state index is 1.01. The summed E-state index contributed by atoms with van der Waals surface area (Å²) in [5.41, 5.74) is 2.29. The van der Waals surface area contributed by atoms with Crippen LogP contribution in [0, 0.1) is 0 Å². The van der Waals surface area contributed by atoms with Crippen molar-refractivity contribution in [1.82, 2.24) is 10.3 Å². The van der Waals surface area contributed by atoms with Crippen LogP contribution in [0.25, 0.3) is 17.0 Å². The molecule has 1 aromatic heterocycles. The first-order chi connectivity index (χ1) is 7.92. The van der Waals surface area contributed by atoms with Crippen molar-refractivity contribution in [2.45, 2.75) is 6.42 Å². The van der Waals surface area contributed by atoms with E-state index in [1.54, 1.807) is 0 Å². The molecule has 0 aliphatic carbocycles. The van der Waals surface area contributed by atoms with Gasteiger partial charge in [-0.3, -0.25) is 4.98 Å². The van der Waals surface area contributed by atoms with E-state index in [-0.39, 0.29) is 0 Å². The number of rotatable bonds is 4. The highest BCUT2D eigenvalue weighted by molar-refractivity contribution is 5.87. The van der Waals surface area contributed by atoms with Gasteiger partial charge in [0.2, 0.25) is 0 Å². The lowest BCUT2D eigenvalue weighted by Gasteiger charge is -2.00. The van der Waals surface area contributed by atoms with Crippen molar-refractivity contribution in [2.24, 2.45) is 0 Å². The van der Waals surface area contributed by atoms with E-state index < -0.39 is 0 Å². The third-order valence-corrected chi connectivity index (χ3v) is 2.54. The lowest BCUT2D eigenvalue weighted by molar-refractivity contribution is 0.809. The molecule has 2 heteroatoms. The first-order valence-electron chi connectivity index (χ1n) is 5.56. The summed E-state index contributed by atoms with van der Waals surface area (Å²) in [5, 5.41) is 4.34. The summed E-state index contributed by atoms with van der Waals surface area (Å²) in [7, 11) is 1.97. The van der Waals surface area contributed by atoms with Gasteiger partial charge < -0.3 is 5.32 Å². The van der Waals surface area contributed by atoms with Crippen LogP contribution in [-0.2, 0) is 0 Å². The summed E-state index contributed by atoms with van der Waals surface area (Å²) in [4.78, 5) is 4.34. The highest BCUT2D eigenvalue weighted by Gasteiger charge is 1.96. The number of fused-ring (bicyclic) bond motifs is 1. The summed E-state index contributed by atoms with van der Waals surface area (Å²) < 4.78 is 0. The fourth-order valence-corrected chi connectivity index (χ4v) is 1.70. The zero-order valence-corrected chi connectivity index (χ0v) is 9.48. The largest absolute Gasteiger partial charge is 0.319 e. The third-order valence-electron chi connectivity index (χ3n) is 2.54. The maximum absolute atomic E-state index is 4.34. The molecule has 0 amide bonds. The molecular weight excluding hydrogens is 196 g/mol. The van der Waals surface area contributed by atoms with Crippen molar-refractivity contribution in [1.29, 1.82) is 0 Å². The van der Waals surface area contributed by atoms with E-state index in [1.807, 2.05) is 25.4 Å². The minimum Gasteiger partial charge on any atom is -0.319 e. The van der Waals surface area contributed by atoms with E-state index in [2.05, 4.69) is 40.7 Å². The Labute approximate surface area is 96.0 Å². The quantitative estimate of drug-likeness (QED) is 0.788. The van der Waals surface area contributed by atoms with Gasteiger partial charge in [0.05, 0.1) is 5.52 Å². The van der Waals surface area contributed by atoms with Crippen LogP contribution >= 0.6 is 0 Å². The van der Waals surface area contributed by atoms with Gasteiger partial charge in [0.25, 0.3) is 0 Å². The summed E-state index contributed by atoms with van der Waals surface area (Å²) in [5.74, 6) is 0. The van der Waals surface area contributed by atoms with Crippen molar-refractivity contribution in [3.63, 3.8) is 0 Å². The smallest absolute Gasteiger partial charge is 0.0707 e. The van der Waals surface area contributed by atoms with Gasteiger partial charge in [0, 0.05) is 11.6 Å². The van der Waals surface area contributed by atoms with E-state index >= 15 is 0 Å². The second-order valence-electron chi connectivity index (χ2n) is 3.71. The van der Waals surface area contributed by atoms with Gasteiger partial charge in [-0.1, -0.05) is 30.4 Å². The van der Waals surface area contributed by atoms with Crippen LogP contribution in [-0.4, -0.2) is 18.6 Å². The van der Waals surface area contributed by atoms with Crippen LogP contribution in [0.4, 0.5) is 0 Å². The zero-order chi connectivity index (χ0) is 11.2. The van der Waals surface area contributed by atoms with Crippen molar-refractivity contribution in [2.75, 3.05) is 13.6 Å². The number of nitrogens with zero attached hydrogens (tertiary/aromatic N) is 1. The molecule has 82 valence electrons. The second kappa shape index (κ2) is 5.42. The first kappa shape index (κ1) is 10.8. The molecule has 0 radical (unpaired) electrons. The fourth-order valence-electron chi connectivity index (χ4n) is 1.70. The summed E-state index contributed by atoms with van der Waals surface area (Å²) in [6.07, 6.45) is 7.27. The Morgan fingerprint density at radius 1 is 1.25 bits per heavy atom. The van der Waals surface area contributed by atoms with Crippen LogP contribution in [0.1, 0.15) is 12.0 Å². The van der Waals surface area contributed by atoms with Crippen molar-refractivity contribution >= 4 is 17.0 Å². The molecule has 16 heavy (non-hydrogen) atoms. The van der Waals surface area contributed by atoms with Gasteiger partial charge in [-0.25, -0.2) is 0 Å². The van der Waals surface area contributed by atoms with E-state index in [1.165, 1.54) is 10.9 Å². The predicted octanol–water partition coefficient (Wildman–Crippen LogP) is 2.86. The molecule has 0 spiro atoms. The Balaban J connectivity index is 2.27. The van der Waals surface area contributed by atoms with Crippen molar-refractivity contribution in [3.8, 4) is 0 Å². The molecular formula is C14H16N2. The molecule has 0 saturated heterocycles. The zero-order valence-electron chi connectivity index (χ0n) is 9.48. The maximum Gasteiger partial charge on any atom is 0.0707 e. The predicted molar refractivity (Wildman–Crippen MR) is 69.3 cm³/mol. The molecule has 2 nitrogen and oxygen atoms in total. The van der Waals surface area contributed by atoms with Crippen molar-refractivity contribution in [3.05, 3.63) is 48.2 Å². The molecule has 0 unspecified atom stereocenters. The Morgan fingerprint density at radius 2 is 2.12 bits per heavy atom. The van der Waals surface area contributed by atoms with E-state index in [9.17, 15) is 0 Å². The Kier molecular flexibility index (Phi) is 3.67. The molecule has 0 aliphatic rings. The maximum atomic E-state index is 4.34. The highest BCUT2D eigenvalue weighted by atomic mass is 14.8. The van der Waals surface area contributed by atoms with Gasteiger partial charge in [-0.15, -0.1) is 0 Å². The molecule has 1 heterocycles. The van der Waals surface area contributed by atoms with E-state index in [0.29, 0.717) is 0 Å². The standard InChI is InChI=1S/C14H16N2/c1-15-10-5-4-6-12-9-11-16-14-8-3-2-7-13(12)14/h2-4,6-9,11,15H,5,10H2,1H3. The normalized spacial score (nSPS) is 11.3. The van der Waals surface area contributed by atoms with Gasteiger partial charge in [0.15, 0.2) is 0 Å². The molecule has 2 rings (SSSR count). The van der Waals surface area contributed by atoms with Crippen LogP contribution in [0.2, 0.25) is 0 Å². The van der Waals surface area contributed by atoms with Crippen LogP contribution < -0.4 is 5.32 Å². The average molecular weight is 212 g/mol. The highest BCUT2D eigenvalue weighted by Crippen LogP contribution is 2.17. The van der Waals surface area contributed by atoms with Crippen LogP contribution in [0.5, 0.6) is 0 Å². The Morgan fingerprint density at radius 3 is 3.00 bits per heavy atom. The topological polar surface area (TPSA) is 24.9 Å². The van der Waals surface area contributed by atoms with Gasteiger partial charge in [-0.05, 0) is 37.7 Å². The Bertz CT molecular complexity index is 484. The number of aromatic nitrogens is 1. The summed E-state index contributed by atoms with van der Waals surface area (Å²) in [6, 6.07) is 10.3. The molecule has 1 N–H and O–H groups in total. The van der Waals surface area contributed by atoms with Gasteiger partial charge >= 0.3 is 0 Å². The molecule has 0 saturated carbocycles. The minimum atomic E-state index is 1.01. The monoisotopic (exact) mass is 212 g/mol. The van der Waals surface area contributed by atoms with E-state index in [4.69, 9.17) is 0 Å². The number of hydrogen-bond donors (Lipinski definition) is 1. The molecule has 2 aromatic rings. The lowest BCUT2D eigenvalue weighted by Crippen LogP contribution is -2.05. The third kappa shape index (κ3) is 2.47. The number of benzene rings is 1. The fraction of sp³-hybridized carbons (Fsp3) is 0.214.